The van der Waals surface area contributed by atoms with Crippen molar-refractivity contribution in [2.24, 2.45) is 4.99 Å². The highest BCUT2D eigenvalue weighted by molar-refractivity contribution is 5.79. The third-order valence-corrected chi connectivity index (χ3v) is 5.93. The largest absolute Gasteiger partial charge is 0.508 e. The Morgan fingerprint density at radius 2 is 1.93 bits per heavy atom. The van der Waals surface area contributed by atoms with E-state index in [1.165, 1.54) is 24.0 Å². The highest BCUT2D eigenvalue weighted by Crippen LogP contribution is 2.31. The lowest BCUT2D eigenvalue weighted by Crippen LogP contribution is -2.39. The molecular formula is C23H36N4O2. The summed E-state index contributed by atoms with van der Waals surface area (Å²) in [6, 6.07) is 3.87. The number of likely N-dealkylation sites (tertiary alicyclic amines) is 1. The lowest BCUT2D eigenvalue weighted by molar-refractivity contribution is -0.130. The molecule has 0 radical (unpaired) electrons. The second-order valence-electron chi connectivity index (χ2n) is 8.07. The first kappa shape index (κ1) is 21.5. The summed E-state index contributed by atoms with van der Waals surface area (Å²) in [7, 11) is 0. The Kier molecular flexibility index (Phi) is 8.20. The number of carbonyl (C=O) groups excluding carboxylic acids is 1. The van der Waals surface area contributed by atoms with Gasteiger partial charge >= 0.3 is 0 Å². The number of amides is 1. The molecule has 1 heterocycles. The number of fused-ring (bicyclic) bond motifs is 1. The molecule has 3 N–H and O–H groups in total. The molecular weight excluding hydrogens is 364 g/mol. The molecule has 3 rings (SSSR count). The molecule has 1 saturated heterocycles. The van der Waals surface area contributed by atoms with Crippen molar-refractivity contribution in [3.8, 4) is 5.75 Å². The zero-order valence-corrected chi connectivity index (χ0v) is 17.8. The van der Waals surface area contributed by atoms with E-state index in [0.29, 0.717) is 24.6 Å². The highest BCUT2D eigenvalue weighted by atomic mass is 16.3. The first-order chi connectivity index (χ1) is 14.2. The van der Waals surface area contributed by atoms with Gasteiger partial charge in [0.05, 0.1) is 6.54 Å². The average molecular weight is 401 g/mol. The van der Waals surface area contributed by atoms with Crippen LogP contribution >= 0.6 is 0 Å². The first-order valence-electron chi connectivity index (χ1n) is 11.3. The SMILES string of the molecule is CCNC(=NCc1c(O)ccc2c1CCCC2)NCCCN1CCCCCC1=O. The van der Waals surface area contributed by atoms with E-state index in [1.807, 2.05) is 11.0 Å². The molecule has 1 amide bonds. The molecule has 0 unspecified atom stereocenters. The minimum Gasteiger partial charge on any atom is -0.508 e. The fourth-order valence-corrected chi connectivity index (χ4v) is 4.32. The Morgan fingerprint density at radius 3 is 2.79 bits per heavy atom. The number of hydrogen-bond donors (Lipinski definition) is 3. The normalized spacial score (nSPS) is 17.6. The first-order valence-corrected chi connectivity index (χ1v) is 11.3. The summed E-state index contributed by atoms with van der Waals surface area (Å²) in [5, 5.41) is 17.0. The van der Waals surface area contributed by atoms with E-state index in [4.69, 9.17) is 4.99 Å². The molecule has 1 aromatic rings. The lowest BCUT2D eigenvalue weighted by atomic mass is 9.88. The minimum atomic E-state index is 0.299. The van der Waals surface area contributed by atoms with E-state index in [1.54, 1.807) is 0 Å². The summed E-state index contributed by atoms with van der Waals surface area (Å²) in [4.78, 5) is 18.8. The van der Waals surface area contributed by atoms with Crippen LogP contribution in [0, 0.1) is 0 Å². The number of phenolic OH excluding ortho intramolecular Hbond substituents is 1. The maximum absolute atomic E-state index is 12.1. The van der Waals surface area contributed by atoms with Crippen LogP contribution in [0.15, 0.2) is 17.1 Å². The summed E-state index contributed by atoms with van der Waals surface area (Å²) in [6.07, 6.45) is 9.44. The van der Waals surface area contributed by atoms with Crippen LogP contribution in [-0.2, 0) is 24.2 Å². The van der Waals surface area contributed by atoms with Crippen molar-refractivity contribution >= 4 is 11.9 Å². The number of aliphatic imine (C=N–C) groups is 1. The topological polar surface area (TPSA) is 77.0 Å². The number of benzene rings is 1. The molecule has 0 bridgehead atoms. The zero-order valence-electron chi connectivity index (χ0n) is 17.8. The van der Waals surface area contributed by atoms with Crippen LogP contribution in [-0.4, -0.2) is 48.1 Å². The summed E-state index contributed by atoms with van der Waals surface area (Å²) < 4.78 is 0. The molecule has 2 aliphatic rings. The van der Waals surface area contributed by atoms with Gasteiger partial charge in [-0.2, -0.15) is 0 Å². The number of hydrogen-bond acceptors (Lipinski definition) is 3. The molecule has 1 aliphatic heterocycles. The van der Waals surface area contributed by atoms with Crippen LogP contribution in [0.3, 0.4) is 0 Å². The number of phenols is 1. The standard InChI is InChI=1S/C23H36N4O2/c1-2-24-23(25-14-8-16-27-15-7-3-4-11-22(27)29)26-17-20-19-10-6-5-9-18(19)12-13-21(20)28/h12-13,28H,2-11,14-17H2,1H3,(H2,24,25,26). The smallest absolute Gasteiger partial charge is 0.222 e. The van der Waals surface area contributed by atoms with Crippen LogP contribution in [0.1, 0.15) is 68.6 Å². The summed E-state index contributed by atoms with van der Waals surface area (Å²) in [5.41, 5.74) is 3.62. The number of aryl methyl sites for hydroxylation is 1. The second-order valence-corrected chi connectivity index (χ2v) is 8.07. The van der Waals surface area contributed by atoms with E-state index in [-0.39, 0.29) is 0 Å². The van der Waals surface area contributed by atoms with Gasteiger partial charge in [-0.15, -0.1) is 0 Å². The fraction of sp³-hybridized carbons (Fsp3) is 0.652. The molecule has 6 nitrogen and oxygen atoms in total. The maximum atomic E-state index is 12.1. The van der Waals surface area contributed by atoms with Gasteiger partial charge in [0.15, 0.2) is 5.96 Å². The molecule has 0 atom stereocenters. The van der Waals surface area contributed by atoms with Crippen molar-refractivity contribution in [2.45, 2.75) is 71.3 Å². The molecule has 29 heavy (non-hydrogen) atoms. The van der Waals surface area contributed by atoms with Crippen molar-refractivity contribution in [3.05, 3.63) is 28.8 Å². The van der Waals surface area contributed by atoms with E-state index >= 15 is 0 Å². The molecule has 0 saturated carbocycles. The van der Waals surface area contributed by atoms with Crippen molar-refractivity contribution in [2.75, 3.05) is 26.2 Å². The van der Waals surface area contributed by atoms with Gasteiger partial charge in [-0.3, -0.25) is 4.79 Å². The Balaban J connectivity index is 1.54. The summed E-state index contributed by atoms with van der Waals surface area (Å²) in [6.45, 7) is 5.79. The predicted molar refractivity (Wildman–Crippen MR) is 117 cm³/mol. The molecule has 160 valence electrons. The Hall–Kier alpha value is -2.24. The van der Waals surface area contributed by atoms with E-state index in [2.05, 4.69) is 23.6 Å². The van der Waals surface area contributed by atoms with E-state index in [9.17, 15) is 9.90 Å². The molecule has 0 spiro atoms. The number of nitrogens with one attached hydrogen (secondary N) is 2. The van der Waals surface area contributed by atoms with Gasteiger partial charge in [-0.25, -0.2) is 4.99 Å². The van der Waals surface area contributed by atoms with Gasteiger partial charge in [0, 0.05) is 38.2 Å². The fourth-order valence-electron chi connectivity index (χ4n) is 4.32. The average Bonchev–Trinajstić information content (AvgIpc) is 2.94. The predicted octanol–water partition coefficient (Wildman–Crippen LogP) is 3.12. The summed E-state index contributed by atoms with van der Waals surface area (Å²) >= 11 is 0. The van der Waals surface area contributed by atoms with Gasteiger partial charge in [-0.1, -0.05) is 12.5 Å². The minimum absolute atomic E-state index is 0.299. The van der Waals surface area contributed by atoms with Gasteiger partial charge in [-0.05, 0) is 69.1 Å². The van der Waals surface area contributed by atoms with Crippen molar-refractivity contribution in [1.29, 1.82) is 0 Å². The number of guanidine groups is 1. The van der Waals surface area contributed by atoms with Gasteiger partial charge in [0.25, 0.3) is 0 Å². The second kappa shape index (κ2) is 11.1. The van der Waals surface area contributed by atoms with Crippen LogP contribution < -0.4 is 10.6 Å². The molecule has 0 aromatic heterocycles. The number of aromatic hydroxyl groups is 1. The summed E-state index contributed by atoms with van der Waals surface area (Å²) in [5.74, 6) is 1.42. The van der Waals surface area contributed by atoms with E-state index < -0.39 is 0 Å². The van der Waals surface area contributed by atoms with Crippen LogP contribution in [0.5, 0.6) is 5.75 Å². The van der Waals surface area contributed by atoms with Crippen LogP contribution in [0.2, 0.25) is 0 Å². The van der Waals surface area contributed by atoms with E-state index in [0.717, 1.165) is 76.2 Å². The third-order valence-electron chi connectivity index (χ3n) is 5.93. The third kappa shape index (κ3) is 6.12. The van der Waals surface area contributed by atoms with Gasteiger partial charge in [0.1, 0.15) is 5.75 Å². The number of carbonyl (C=O) groups is 1. The number of nitrogens with zero attached hydrogens (tertiary/aromatic N) is 2. The van der Waals surface area contributed by atoms with Crippen LogP contribution in [0.25, 0.3) is 0 Å². The quantitative estimate of drug-likeness (QED) is 0.373. The van der Waals surface area contributed by atoms with Crippen molar-refractivity contribution in [3.63, 3.8) is 0 Å². The zero-order chi connectivity index (χ0) is 20.5. The van der Waals surface area contributed by atoms with Crippen LogP contribution in [0.4, 0.5) is 0 Å². The molecule has 6 heteroatoms. The Labute approximate surface area is 174 Å². The van der Waals surface area contributed by atoms with Gasteiger partial charge in [0.2, 0.25) is 5.91 Å². The van der Waals surface area contributed by atoms with Crippen molar-refractivity contribution < 1.29 is 9.90 Å². The monoisotopic (exact) mass is 400 g/mol. The molecule has 1 aromatic carbocycles. The van der Waals surface area contributed by atoms with Gasteiger partial charge < -0.3 is 20.6 Å². The Morgan fingerprint density at radius 1 is 1.10 bits per heavy atom. The maximum Gasteiger partial charge on any atom is 0.222 e. The lowest BCUT2D eigenvalue weighted by Gasteiger charge is -2.21. The molecule has 1 fully saturated rings. The highest BCUT2D eigenvalue weighted by Gasteiger charge is 2.17. The Bertz CT molecular complexity index is 717. The van der Waals surface area contributed by atoms with Crippen molar-refractivity contribution in [1.82, 2.24) is 15.5 Å². The molecule has 1 aliphatic carbocycles. The number of rotatable bonds is 7.